The average molecular weight is 547 g/mol. The lowest BCUT2D eigenvalue weighted by Gasteiger charge is -2.41. The molecule has 5 heterocycles. The maximum atomic E-state index is 13.5. The Labute approximate surface area is 229 Å². The zero-order valence-electron chi connectivity index (χ0n) is 21.7. The van der Waals surface area contributed by atoms with E-state index in [0.29, 0.717) is 72.9 Å². The maximum Gasteiger partial charge on any atom is 0.270 e. The molecular formula is C27H27FN8O2S. The molecule has 0 radical (unpaired) electrons. The van der Waals surface area contributed by atoms with E-state index in [1.165, 1.54) is 23.5 Å². The van der Waals surface area contributed by atoms with Gasteiger partial charge in [-0.05, 0) is 36.2 Å². The van der Waals surface area contributed by atoms with Crippen LogP contribution in [0.15, 0.2) is 36.4 Å². The first kappa shape index (κ1) is 25.2. The van der Waals surface area contributed by atoms with Crippen LogP contribution in [0.4, 0.5) is 26.2 Å². The number of hydrogen-bond acceptors (Lipinski definition) is 8. The fourth-order valence-electron chi connectivity index (χ4n) is 4.97. The van der Waals surface area contributed by atoms with Gasteiger partial charge in [0.05, 0.1) is 37.1 Å². The van der Waals surface area contributed by atoms with Crippen LogP contribution in [0.1, 0.15) is 12.6 Å². The Kier molecular flexibility index (Phi) is 6.62. The number of anilines is 3. The summed E-state index contributed by atoms with van der Waals surface area (Å²) in [4.78, 5) is 32.0. The maximum absolute atomic E-state index is 13.5. The number of ether oxygens (including phenoxy) is 1. The molecule has 0 spiro atoms. The number of aromatic nitrogens is 4. The first-order valence-corrected chi connectivity index (χ1v) is 13.7. The molecule has 0 aliphatic carbocycles. The minimum absolute atomic E-state index is 0.0380. The minimum Gasteiger partial charge on any atom is -0.378 e. The zero-order chi connectivity index (χ0) is 27.1. The zero-order valence-corrected chi connectivity index (χ0v) is 22.5. The molecule has 4 aromatic rings. The van der Waals surface area contributed by atoms with Gasteiger partial charge in [0.1, 0.15) is 11.6 Å². The molecule has 1 amide bonds. The summed E-state index contributed by atoms with van der Waals surface area (Å²) in [6.07, 6.45) is 0.685. The highest BCUT2D eigenvalue weighted by atomic mass is 32.1. The monoisotopic (exact) mass is 546 g/mol. The molecule has 2 fully saturated rings. The fraction of sp³-hybridized carbons (Fsp3) is 0.370. The Morgan fingerprint density at radius 2 is 1.92 bits per heavy atom. The van der Waals surface area contributed by atoms with Crippen molar-refractivity contribution in [1.29, 1.82) is 0 Å². The number of halogens is 1. The van der Waals surface area contributed by atoms with Crippen LogP contribution in [0, 0.1) is 18.3 Å². The molecule has 0 atom stereocenters. The topological polar surface area (TPSA) is 83.5 Å². The lowest BCUT2D eigenvalue weighted by atomic mass is 9.98. The molecule has 2 aliphatic heterocycles. The highest BCUT2D eigenvalue weighted by molar-refractivity contribution is 7.20. The molecular weight excluding hydrogens is 519 g/mol. The van der Waals surface area contributed by atoms with Crippen LogP contribution in [-0.4, -0.2) is 76.8 Å². The Hall–Kier alpha value is -4.08. The van der Waals surface area contributed by atoms with E-state index in [4.69, 9.17) is 26.4 Å². The number of rotatable bonds is 6. The van der Waals surface area contributed by atoms with Crippen molar-refractivity contribution in [3.63, 3.8) is 0 Å². The number of amides is 1. The molecule has 2 saturated heterocycles. The van der Waals surface area contributed by atoms with Crippen LogP contribution in [0.5, 0.6) is 0 Å². The van der Waals surface area contributed by atoms with Crippen LogP contribution in [0.2, 0.25) is 0 Å². The van der Waals surface area contributed by atoms with E-state index >= 15 is 0 Å². The number of carbonyl (C=O) groups excluding carboxylic acids is 1. The van der Waals surface area contributed by atoms with Crippen molar-refractivity contribution in [2.75, 3.05) is 56.2 Å². The van der Waals surface area contributed by atoms with Crippen molar-refractivity contribution in [3.05, 3.63) is 59.3 Å². The summed E-state index contributed by atoms with van der Waals surface area (Å²) >= 11 is 1.27. The molecule has 0 saturated carbocycles. The van der Waals surface area contributed by atoms with Crippen molar-refractivity contribution in [1.82, 2.24) is 24.5 Å². The molecule has 6 rings (SSSR count). The average Bonchev–Trinajstić information content (AvgIpc) is 3.54. The SMILES string of the molecule is [C-]#[N+]c1sc(N(C)c2c(CC)nc3ccc(N4CC(C(=O)N5CCOCC5)C4)nn23)nc1-c1ccc(F)cc1. The van der Waals surface area contributed by atoms with E-state index in [1.807, 2.05) is 40.4 Å². The normalized spacial score (nSPS) is 15.8. The van der Waals surface area contributed by atoms with Gasteiger partial charge >= 0.3 is 0 Å². The molecule has 3 aromatic heterocycles. The quantitative estimate of drug-likeness (QED) is 0.336. The number of thiazole rings is 1. The predicted molar refractivity (Wildman–Crippen MR) is 147 cm³/mol. The van der Waals surface area contributed by atoms with E-state index in [1.54, 1.807) is 12.1 Å². The standard InChI is InChI=1S/C27H27FN8O2S/c1-4-20-25(33(3)27-31-23(24(29-2)39-27)17-5-7-19(28)8-6-17)36-21(30-20)9-10-22(32-36)35-15-18(16-35)26(37)34-11-13-38-14-12-34/h5-10,18H,4,11-16H2,1,3H3. The fourth-order valence-corrected chi connectivity index (χ4v) is 5.81. The van der Waals surface area contributed by atoms with E-state index in [2.05, 4.69) is 9.74 Å². The Balaban J connectivity index is 1.28. The molecule has 200 valence electrons. The van der Waals surface area contributed by atoms with Gasteiger partial charge in [0.25, 0.3) is 5.00 Å². The lowest BCUT2D eigenvalue weighted by molar-refractivity contribution is -0.140. The van der Waals surface area contributed by atoms with Gasteiger partial charge in [0.2, 0.25) is 5.91 Å². The first-order valence-electron chi connectivity index (χ1n) is 12.8. The van der Waals surface area contributed by atoms with E-state index < -0.39 is 0 Å². The van der Waals surface area contributed by atoms with Gasteiger partial charge in [-0.25, -0.2) is 19.2 Å². The lowest BCUT2D eigenvalue weighted by Crippen LogP contribution is -2.56. The van der Waals surface area contributed by atoms with Crippen LogP contribution in [0.25, 0.3) is 21.7 Å². The number of fused-ring (bicyclic) bond motifs is 1. The molecule has 0 bridgehead atoms. The smallest absolute Gasteiger partial charge is 0.270 e. The highest BCUT2D eigenvalue weighted by Crippen LogP contribution is 2.42. The van der Waals surface area contributed by atoms with Crippen molar-refractivity contribution in [2.45, 2.75) is 13.3 Å². The van der Waals surface area contributed by atoms with Crippen LogP contribution < -0.4 is 9.80 Å². The number of aryl methyl sites for hydroxylation is 1. The van der Waals surface area contributed by atoms with E-state index in [0.717, 1.165) is 17.3 Å². The third kappa shape index (κ3) is 4.57. The van der Waals surface area contributed by atoms with Gasteiger partial charge in [-0.3, -0.25) is 4.79 Å². The van der Waals surface area contributed by atoms with Gasteiger partial charge in [-0.1, -0.05) is 19.1 Å². The number of imidazole rings is 1. The first-order chi connectivity index (χ1) is 19.0. The summed E-state index contributed by atoms with van der Waals surface area (Å²) in [6, 6.07) is 9.87. The van der Waals surface area contributed by atoms with Crippen molar-refractivity contribution in [2.24, 2.45) is 5.92 Å². The largest absolute Gasteiger partial charge is 0.378 e. The Morgan fingerprint density at radius 3 is 2.62 bits per heavy atom. The second-order valence-corrected chi connectivity index (χ2v) is 10.5. The van der Waals surface area contributed by atoms with Crippen molar-refractivity contribution >= 4 is 44.7 Å². The van der Waals surface area contributed by atoms with Crippen LogP contribution in [0.3, 0.4) is 0 Å². The highest BCUT2D eigenvalue weighted by Gasteiger charge is 2.37. The number of carbonyl (C=O) groups is 1. The molecule has 39 heavy (non-hydrogen) atoms. The van der Waals surface area contributed by atoms with Crippen molar-refractivity contribution in [3.8, 4) is 11.3 Å². The second-order valence-electron chi connectivity index (χ2n) is 9.56. The van der Waals surface area contributed by atoms with Gasteiger partial charge in [-0.2, -0.15) is 4.52 Å². The second kappa shape index (κ2) is 10.2. The number of morpholine rings is 1. The third-order valence-corrected chi connectivity index (χ3v) is 8.17. The molecule has 1 aromatic carbocycles. The molecule has 0 unspecified atom stereocenters. The summed E-state index contributed by atoms with van der Waals surface area (Å²) in [5.41, 5.74) is 2.77. The summed E-state index contributed by atoms with van der Waals surface area (Å²) in [7, 11) is 1.89. The molecule has 10 nitrogen and oxygen atoms in total. The predicted octanol–water partition coefficient (Wildman–Crippen LogP) is 4.17. The van der Waals surface area contributed by atoms with Crippen molar-refractivity contribution < 1.29 is 13.9 Å². The van der Waals surface area contributed by atoms with E-state index in [9.17, 15) is 9.18 Å². The van der Waals surface area contributed by atoms with Gasteiger partial charge in [0, 0.05) is 33.2 Å². The van der Waals surface area contributed by atoms with E-state index in [-0.39, 0.29) is 17.6 Å². The van der Waals surface area contributed by atoms with Crippen LogP contribution in [-0.2, 0) is 16.0 Å². The minimum atomic E-state index is -0.338. The van der Waals surface area contributed by atoms with Gasteiger partial charge < -0.3 is 19.4 Å². The summed E-state index contributed by atoms with van der Waals surface area (Å²) < 4.78 is 20.6. The van der Waals surface area contributed by atoms with Gasteiger partial charge in [-0.15, -0.1) is 16.4 Å². The summed E-state index contributed by atoms with van der Waals surface area (Å²) in [5, 5.41) is 5.95. The molecule has 0 N–H and O–H groups in total. The molecule has 12 heteroatoms. The number of benzene rings is 1. The summed E-state index contributed by atoms with van der Waals surface area (Å²) in [5.74, 6) is 1.35. The third-order valence-electron chi connectivity index (χ3n) is 7.14. The van der Waals surface area contributed by atoms with Gasteiger partial charge in [0.15, 0.2) is 16.6 Å². The Bertz CT molecular complexity index is 1570. The summed E-state index contributed by atoms with van der Waals surface area (Å²) in [6.45, 7) is 13.4. The number of hydrogen-bond donors (Lipinski definition) is 0. The number of nitrogens with zero attached hydrogens (tertiary/aromatic N) is 8. The van der Waals surface area contributed by atoms with Crippen LogP contribution >= 0.6 is 11.3 Å². The molecule has 2 aliphatic rings. The Morgan fingerprint density at radius 1 is 1.18 bits per heavy atom.